The highest BCUT2D eigenvalue weighted by Gasteiger charge is 2.20. The largest absolute Gasteiger partial charge is 0.491 e. The number of rotatable bonds is 9. The van der Waals surface area contributed by atoms with Gasteiger partial charge < -0.3 is 19.5 Å². The van der Waals surface area contributed by atoms with Crippen molar-refractivity contribution in [3.05, 3.63) is 89.0 Å². The number of nitrogens with zero attached hydrogens (tertiary/aromatic N) is 3. The highest BCUT2D eigenvalue weighted by atomic mass is 16.6. The predicted molar refractivity (Wildman–Crippen MR) is 126 cm³/mol. The van der Waals surface area contributed by atoms with Gasteiger partial charge in [-0.2, -0.15) is 0 Å². The van der Waals surface area contributed by atoms with Crippen LogP contribution in [0.4, 0.5) is 11.4 Å². The Morgan fingerprint density at radius 1 is 0.848 bits per heavy atom. The van der Waals surface area contributed by atoms with Gasteiger partial charge in [-0.15, -0.1) is 0 Å². The van der Waals surface area contributed by atoms with Crippen molar-refractivity contribution in [3.63, 3.8) is 0 Å². The Morgan fingerprint density at radius 2 is 1.45 bits per heavy atom. The number of anilines is 1. The van der Waals surface area contributed by atoms with Crippen molar-refractivity contribution in [2.24, 2.45) is 0 Å². The first-order valence-electron chi connectivity index (χ1n) is 10.9. The van der Waals surface area contributed by atoms with Crippen LogP contribution in [0.5, 0.6) is 17.2 Å². The zero-order valence-corrected chi connectivity index (χ0v) is 18.2. The minimum Gasteiger partial charge on any atom is -0.491 e. The van der Waals surface area contributed by atoms with Crippen molar-refractivity contribution >= 4 is 11.4 Å². The molecule has 1 heterocycles. The average molecular weight is 450 g/mol. The third-order valence-corrected chi connectivity index (χ3v) is 5.51. The van der Waals surface area contributed by atoms with E-state index in [1.165, 1.54) is 12.1 Å². The molecule has 0 radical (unpaired) electrons. The van der Waals surface area contributed by atoms with Crippen molar-refractivity contribution in [1.82, 2.24) is 4.90 Å². The topological polar surface area (TPSA) is 88.3 Å². The maximum Gasteiger partial charge on any atom is 0.269 e. The fourth-order valence-corrected chi connectivity index (χ4v) is 3.75. The molecule has 4 rings (SSSR count). The highest BCUT2D eigenvalue weighted by Crippen LogP contribution is 2.24. The lowest BCUT2D eigenvalue weighted by Gasteiger charge is -2.36. The van der Waals surface area contributed by atoms with Gasteiger partial charge in [-0.05, 0) is 48.5 Å². The minimum atomic E-state index is -0.601. The molecule has 0 unspecified atom stereocenters. The lowest BCUT2D eigenvalue weighted by molar-refractivity contribution is -0.384. The number of ether oxygens (including phenoxy) is 2. The van der Waals surface area contributed by atoms with Crippen molar-refractivity contribution in [2.75, 3.05) is 44.2 Å². The first-order valence-corrected chi connectivity index (χ1v) is 10.9. The SMILES string of the molecule is O=[N+]([O-])c1ccc(N2CCN(C[C@H](O)COc3ccc(Oc4ccccc4)cc3)CC2)cc1. The van der Waals surface area contributed by atoms with Gasteiger partial charge in [-0.1, -0.05) is 18.2 Å². The fourth-order valence-electron chi connectivity index (χ4n) is 3.75. The number of β-amino-alcohol motifs (C(OH)–C–C–N with tert-alkyl or cyclic N) is 1. The monoisotopic (exact) mass is 449 g/mol. The number of nitro benzene ring substituents is 1. The van der Waals surface area contributed by atoms with Gasteiger partial charge in [0.1, 0.15) is 30.0 Å². The summed E-state index contributed by atoms with van der Waals surface area (Å²) in [5.74, 6) is 2.17. The second-order valence-electron chi connectivity index (χ2n) is 7.91. The summed E-state index contributed by atoms with van der Waals surface area (Å²) in [4.78, 5) is 14.8. The maximum absolute atomic E-state index is 10.8. The summed E-state index contributed by atoms with van der Waals surface area (Å²) in [6.45, 7) is 3.95. The number of aliphatic hydroxyl groups is 1. The van der Waals surface area contributed by atoms with Crippen molar-refractivity contribution < 1.29 is 19.5 Å². The summed E-state index contributed by atoms with van der Waals surface area (Å²) >= 11 is 0. The standard InChI is InChI=1S/C25H27N3O5/c29-22(19-32-23-10-12-25(13-11-23)33-24-4-2-1-3-5-24)18-26-14-16-27(17-15-26)20-6-8-21(9-7-20)28(30)31/h1-13,22,29H,14-19H2/t22-/m0/s1. The second-order valence-corrected chi connectivity index (χ2v) is 7.91. The number of hydrogen-bond donors (Lipinski definition) is 1. The molecule has 3 aromatic carbocycles. The summed E-state index contributed by atoms with van der Waals surface area (Å²) in [6.07, 6.45) is -0.601. The molecule has 172 valence electrons. The third kappa shape index (κ3) is 6.44. The zero-order chi connectivity index (χ0) is 23.0. The predicted octanol–water partition coefficient (Wildman–Crippen LogP) is 3.95. The molecule has 1 atom stereocenters. The molecule has 0 amide bonds. The number of hydrogen-bond acceptors (Lipinski definition) is 7. The quantitative estimate of drug-likeness (QED) is 0.391. The number of non-ortho nitro benzene ring substituents is 1. The van der Waals surface area contributed by atoms with E-state index in [9.17, 15) is 15.2 Å². The van der Waals surface area contributed by atoms with Crippen LogP contribution in [0.15, 0.2) is 78.9 Å². The lowest BCUT2D eigenvalue weighted by atomic mass is 10.2. The molecule has 1 saturated heterocycles. The zero-order valence-electron chi connectivity index (χ0n) is 18.2. The van der Waals surface area contributed by atoms with Crippen LogP contribution in [0, 0.1) is 10.1 Å². The van der Waals surface area contributed by atoms with E-state index in [1.54, 1.807) is 12.1 Å². The number of benzene rings is 3. The molecule has 1 aliphatic rings. The van der Waals surface area contributed by atoms with Crippen molar-refractivity contribution in [1.29, 1.82) is 0 Å². The fraction of sp³-hybridized carbons (Fsp3) is 0.280. The Morgan fingerprint density at radius 3 is 2.09 bits per heavy atom. The smallest absolute Gasteiger partial charge is 0.269 e. The van der Waals surface area contributed by atoms with Gasteiger partial charge in [0.05, 0.1) is 4.92 Å². The Hall–Kier alpha value is -3.62. The highest BCUT2D eigenvalue weighted by molar-refractivity contribution is 5.51. The van der Waals surface area contributed by atoms with Crippen molar-refractivity contribution in [2.45, 2.75) is 6.10 Å². The Labute approximate surface area is 192 Å². The van der Waals surface area contributed by atoms with Crippen LogP contribution in [0.3, 0.4) is 0 Å². The molecule has 1 N–H and O–H groups in total. The van der Waals surface area contributed by atoms with Crippen LogP contribution in [0.25, 0.3) is 0 Å². The molecule has 0 aliphatic carbocycles. The molecular formula is C25H27N3O5. The van der Waals surface area contributed by atoms with E-state index >= 15 is 0 Å². The summed E-state index contributed by atoms with van der Waals surface area (Å²) in [7, 11) is 0. The average Bonchev–Trinajstić information content (AvgIpc) is 2.85. The van der Waals surface area contributed by atoms with E-state index < -0.39 is 11.0 Å². The van der Waals surface area contributed by atoms with Crippen molar-refractivity contribution in [3.8, 4) is 17.2 Å². The van der Waals surface area contributed by atoms with Gasteiger partial charge in [-0.3, -0.25) is 15.0 Å². The second kappa shape index (κ2) is 10.8. The number of para-hydroxylation sites is 1. The summed E-state index contributed by atoms with van der Waals surface area (Å²) in [6, 6.07) is 23.5. The molecule has 0 saturated carbocycles. The van der Waals surface area contributed by atoms with Crippen LogP contribution in [-0.4, -0.2) is 60.4 Å². The van der Waals surface area contributed by atoms with Gasteiger partial charge in [-0.25, -0.2) is 0 Å². The number of aliphatic hydroxyl groups excluding tert-OH is 1. The molecule has 0 bridgehead atoms. The van der Waals surface area contributed by atoms with Crippen LogP contribution >= 0.6 is 0 Å². The van der Waals surface area contributed by atoms with E-state index in [2.05, 4.69) is 9.80 Å². The molecule has 1 aliphatic heterocycles. The molecule has 1 fully saturated rings. The normalized spacial score (nSPS) is 15.1. The molecular weight excluding hydrogens is 422 g/mol. The summed E-state index contributed by atoms with van der Waals surface area (Å²) in [5, 5.41) is 21.2. The van der Waals surface area contributed by atoms with Crippen LogP contribution in [0.2, 0.25) is 0 Å². The molecule has 3 aromatic rings. The molecule has 8 nitrogen and oxygen atoms in total. The number of nitro groups is 1. The lowest BCUT2D eigenvalue weighted by Crippen LogP contribution is -2.49. The Kier molecular flexibility index (Phi) is 7.39. The molecule has 0 spiro atoms. The first kappa shape index (κ1) is 22.6. The minimum absolute atomic E-state index is 0.0962. The third-order valence-electron chi connectivity index (χ3n) is 5.51. The summed E-state index contributed by atoms with van der Waals surface area (Å²) in [5.41, 5.74) is 1.07. The Balaban J connectivity index is 1.18. The van der Waals surface area contributed by atoms with E-state index in [1.807, 2.05) is 54.6 Å². The van der Waals surface area contributed by atoms with Crippen LogP contribution in [-0.2, 0) is 0 Å². The van der Waals surface area contributed by atoms with E-state index in [-0.39, 0.29) is 12.3 Å². The molecule has 33 heavy (non-hydrogen) atoms. The van der Waals surface area contributed by atoms with Gasteiger partial charge in [0.25, 0.3) is 5.69 Å². The summed E-state index contributed by atoms with van der Waals surface area (Å²) < 4.78 is 11.5. The molecule has 8 heteroatoms. The first-order chi connectivity index (χ1) is 16.1. The van der Waals surface area contributed by atoms with Gasteiger partial charge in [0.2, 0.25) is 0 Å². The van der Waals surface area contributed by atoms with Gasteiger partial charge in [0.15, 0.2) is 0 Å². The van der Waals surface area contributed by atoms with Crippen LogP contribution in [0.1, 0.15) is 0 Å². The van der Waals surface area contributed by atoms with Crippen LogP contribution < -0.4 is 14.4 Å². The van der Waals surface area contributed by atoms with E-state index in [0.717, 1.165) is 43.4 Å². The van der Waals surface area contributed by atoms with Gasteiger partial charge >= 0.3 is 0 Å². The Bertz CT molecular complexity index is 1020. The van der Waals surface area contributed by atoms with E-state index in [0.29, 0.717) is 12.3 Å². The van der Waals surface area contributed by atoms with E-state index in [4.69, 9.17) is 9.47 Å². The maximum atomic E-state index is 10.8. The molecule has 0 aromatic heterocycles. The number of piperazine rings is 1. The van der Waals surface area contributed by atoms with Gasteiger partial charge in [0, 0.05) is 50.5 Å².